The highest BCUT2D eigenvalue weighted by Gasteiger charge is 2.25. The van der Waals surface area contributed by atoms with Crippen molar-refractivity contribution in [3.63, 3.8) is 0 Å². The summed E-state index contributed by atoms with van der Waals surface area (Å²) in [7, 11) is 1.69. The Morgan fingerprint density at radius 1 is 1.47 bits per heavy atom. The lowest BCUT2D eigenvalue weighted by Crippen LogP contribution is -2.46. The molecule has 0 fully saturated rings. The number of nitrogens with zero attached hydrogens (tertiary/aromatic N) is 1. The summed E-state index contributed by atoms with van der Waals surface area (Å²) in [5.41, 5.74) is 3.88. The molecule has 0 bridgehead atoms. The van der Waals surface area contributed by atoms with Crippen LogP contribution in [0.5, 0.6) is 0 Å². The Bertz CT molecular complexity index is 428. The maximum atomic E-state index is 11.7. The van der Waals surface area contributed by atoms with Crippen molar-refractivity contribution in [2.75, 3.05) is 18.5 Å². The quantitative estimate of drug-likeness (QED) is 0.844. The summed E-state index contributed by atoms with van der Waals surface area (Å²) in [5, 5.41) is 2.72. The zero-order valence-corrected chi connectivity index (χ0v) is 10.8. The number of hydrogen-bond donors (Lipinski definition) is 1. The number of hydrogen-bond acceptors (Lipinski definition) is 2. The average molecular weight is 232 g/mol. The van der Waals surface area contributed by atoms with Crippen LogP contribution in [0.3, 0.4) is 0 Å². The third-order valence-electron chi connectivity index (χ3n) is 3.48. The fourth-order valence-electron chi connectivity index (χ4n) is 2.51. The normalized spacial score (nSPS) is 16.3. The smallest absolute Gasteiger partial charge is 0.242 e. The van der Waals surface area contributed by atoms with E-state index in [9.17, 15) is 4.79 Å². The molecule has 1 aliphatic heterocycles. The summed E-state index contributed by atoms with van der Waals surface area (Å²) in [6.45, 7) is 5.04. The van der Waals surface area contributed by atoms with Gasteiger partial charge < -0.3 is 10.2 Å². The van der Waals surface area contributed by atoms with Crippen LogP contribution >= 0.6 is 0 Å². The minimum Gasteiger partial charge on any atom is -0.360 e. The Morgan fingerprint density at radius 2 is 2.24 bits per heavy atom. The number of aryl methyl sites for hydroxylation is 2. The van der Waals surface area contributed by atoms with Crippen molar-refractivity contribution in [1.29, 1.82) is 0 Å². The highest BCUT2D eigenvalue weighted by Crippen LogP contribution is 2.29. The van der Waals surface area contributed by atoms with Gasteiger partial charge in [-0.1, -0.05) is 17.7 Å². The van der Waals surface area contributed by atoms with Crippen LogP contribution < -0.4 is 10.2 Å². The molecule has 0 aliphatic carbocycles. The van der Waals surface area contributed by atoms with Gasteiger partial charge in [0, 0.05) is 19.3 Å². The van der Waals surface area contributed by atoms with Crippen molar-refractivity contribution in [3.8, 4) is 0 Å². The predicted octanol–water partition coefficient (Wildman–Crippen LogP) is 1.88. The Kier molecular flexibility index (Phi) is 3.36. The second-order valence-corrected chi connectivity index (χ2v) is 4.72. The molecule has 2 rings (SSSR count). The molecule has 3 heteroatoms. The minimum atomic E-state index is -0.0956. The molecular weight excluding hydrogens is 212 g/mol. The summed E-state index contributed by atoms with van der Waals surface area (Å²) in [4.78, 5) is 13.9. The zero-order chi connectivity index (χ0) is 12.4. The van der Waals surface area contributed by atoms with Crippen LogP contribution in [0.25, 0.3) is 0 Å². The van der Waals surface area contributed by atoms with Crippen LogP contribution in [-0.2, 0) is 11.2 Å². The standard InChI is InChI=1S/C14H20N2O/c1-10-6-7-13-12(9-10)5-4-8-16(13)11(2)14(17)15-3/h6-7,9,11H,4-5,8H2,1-3H3,(H,15,17)/t11-/m0/s1. The van der Waals surface area contributed by atoms with E-state index in [1.54, 1.807) is 7.05 Å². The van der Waals surface area contributed by atoms with Gasteiger partial charge in [0.1, 0.15) is 6.04 Å². The number of carbonyl (C=O) groups excluding carboxylic acids is 1. The fraction of sp³-hybridized carbons (Fsp3) is 0.500. The van der Waals surface area contributed by atoms with Gasteiger partial charge in [0.05, 0.1) is 0 Å². The van der Waals surface area contributed by atoms with Crippen LogP contribution in [0.4, 0.5) is 5.69 Å². The van der Waals surface area contributed by atoms with Gasteiger partial charge >= 0.3 is 0 Å². The SMILES string of the molecule is CNC(=O)[C@H](C)N1CCCc2cc(C)ccc21. The van der Waals surface area contributed by atoms with Crippen LogP contribution in [0.2, 0.25) is 0 Å². The van der Waals surface area contributed by atoms with E-state index in [1.165, 1.54) is 16.8 Å². The number of likely N-dealkylation sites (N-methyl/N-ethyl adjacent to an activating group) is 1. The summed E-state index contributed by atoms with van der Waals surface area (Å²) in [5.74, 6) is 0.0819. The molecule has 1 aliphatic rings. The second kappa shape index (κ2) is 4.78. The minimum absolute atomic E-state index is 0.0819. The molecule has 1 N–H and O–H groups in total. The molecule has 1 atom stereocenters. The number of rotatable bonds is 2. The number of anilines is 1. The first-order valence-corrected chi connectivity index (χ1v) is 6.21. The third-order valence-corrected chi connectivity index (χ3v) is 3.48. The molecule has 3 nitrogen and oxygen atoms in total. The molecule has 0 radical (unpaired) electrons. The Balaban J connectivity index is 2.31. The van der Waals surface area contributed by atoms with Crippen molar-refractivity contribution in [3.05, 3.63) is 29.3 Å². The van der Waals surface area contributed by atoms with E-state index in [-0.39, 0.29) is 11.9 Å². The van der Waals surface area contributed by atoms with Crippen molar-refractivity contribution in [2.24, 2.45) is 0 Å². The zero-order valence-electron chi connectivity index (χ0n) is 10.8. The van der Waals surface area contributed by atoms with Crippen molar-refractivity contribution in [2.45, 2.75) is 32.7 Å². The number of fused-ring (bicyclic) bond motifs is 1. The topological polar surface area (TPSA) is 32.3 Å². The van der Waals surface area contributed by atoms with E-state index in [2.05, 4.69) is 35.3 Å². The van der Waals surface area contributed by atoms with Gasteiger partial charge in [0.25, 0.3) is 0 Å². The maximum Gasteiger partial charge on any atom is 0.242 e. The Hall–Kier alpha value is -1.51. The summed E-state index contributed by atoms with van der Waals surface area (Å²) in [6, 6.07) is 6.40. The lowest BCUT2D eigenvalue weighted by atomic mass is 9.98. The van der Waals surface area contributed by atoms with E-state index in [0.29, 0.717) is 0 Å². The first-order valence-electron chi connectivity index (χ1n) is 6.21. The van der Waals surface area contributed by atoms with Gasteiger partial charge in [-0.05, 0) is 38.3 Å². The van der Waals surface area contributed by atoms with Crippen LogP contribution in [0.15, 0.2) is 18.2 Å². The van der Waals surface area contributed by atoms with Crippen molar-refractivity contribution in [1.82, 2.24) is 5.32 Å². The van der Waals surface area contributed by atoms with E-state index in [0.717, 1.165) is 19.4 Å². The lowest BCUT2D eigenvalue weighted by Gasteiger charge is -2.35. The predicted molar refractivity (Wildman–Crippen MR) is 70.4 cm³/mol. The molecule has 17 heavy (non-hydrogen) atoms. The highest BCUT2D eigenvalue weighted by molar-refractivity contribution is 5.85. The maximum absolute atomic E-state index is 11.7. The summed E-state index contributed by atoms with van der Waals surface area (Å²) in [6.07, 6.45) is 2.24. The first-order chi connectivity index (χ1) is 8.13. The molecule has 1 aromatic carbocycles. The fourth-order valence-corrected chi connectivity index (χ4v) is 2.51. The van der Waals surface area contributed by atoms with E-state index in [4.69, 9.17) is 0 Å². The molecule has 1 amide bonds. The van der Waals surface area contributed by atoms with Gasteiger partial charge in [0.2, 0.25) is 5.91 Å². The van der Waals surface area contributed by atoms with E-state index < -0.39 is 0 Å². The van der Waals surface area contributed by atoms with Crippen molar-refractivity contribution >= 4 is 11.6 Å². The number of carbonyl (C=O) groups is 1. The molecule has 1 aromatic rings. The van der Waals surface area contributed by atoms with Crippen LogP contribution in [0, 0.1) is 6.92 Å². The van der Waals surface area contributed by atoms with Gasteiger partial charge in [-0.3, -0.25) is 4.79 Å². The number of nitrogens with one attached hydrogen (secondary N) is 1. The summed E-state index contributed by atoms with van der Waals surface area (Å²) < 4.78 is 0. The van der Waals surface area contributed by atoms with E-state index >= 15 is 0 Å². The van der Waals surface area contributed by atoms with Crippen LogP contribution in [0.1, 0.15) is 24.5 Å². The van der Waals surface area contributed by atoms with Gasteiger partial charge in [0.15, 0.2) is 0 Å². The van der Waals surface area contributed by atoms with E-state index in [1.807, 2.05) is 6.92 Å². The van der Waals surface area contributed by atoms with Gasteiger partial charge in [-0.15, -0.1) is 0 Å². The molecule has 92 valence electrons. The molecular formula is C14H20N2O. The number of amides is 1. The molecule has 0 spiro atoms. The van der Waals surface area contributed by atoms with Crippen molar-refractivity contribution < 1.29 is 4.79 Å². The first kappa shape index (κ1) is 12.0. The molecule has 0 unspecified atom stereocenters. The summed E-state index contributed by atoms with van der Waals surface area (Å²) >= 11 is 0. The Labute approximate surface area is 103 Å². The number of benzene rings is 1. The monoisotopic (exact) mass is 232 g/mol. The van der Waals surface area contributed by atoms with Gasteiger partial charge in [-0.2, -0.15) is 0 Å². The average Bonchev–Trinajstić information content (AvgIpc) is 2.35. The van der Waals surface area contributed by atoms with Gasteiger partial charge in [-0.25, -0.2) is 0 Å². The largest absolute Gasteiger partial charge is 0.360 e. The molecule has 0 saturated carbocycles. The molecule has 0 saturated heterocycles. The molecule has 0 aromatic heterocycles. The van der Waals surface area contributed by atoms with Crippen LogP contribution in [-0.4, -0.2) is 25.5 Å². The second-order valence-electron chi connectivity index (χ2n) is 4.72. The lowest BCUT2D eigenvalue weighted by molar-refractivity contribution is -0.121. The third kappa shape index (κ3) is 2.28. The Morgan fingerprint density at radius 3 is 2.94 bits per heavy atom. The highest BCUT2D eigenvalue weighted by atomic mass is 16.2. The molecule has 1 heterocycles.